The summed E-state index contributed by atoms with van der Waals surface area (Å²) in [5.74, 6) is 0. The molecule has 1 radical (unpaired) electrons. The average Bonchev–Trinajstić information content (AvgIpc) is 1.80. The van der Waals surface area contributed by atoms with E-state index < -0.39 is 0 Å². The number of likely N-dealkylation sites (tertiary alicyclic amines) is 1. The molecule has 0 aromatic carbocycles. The van der Waals surface area contributed by atoms with E-state index in [1.165, 1.54) is 0 Å². The second-order valence-electron chi connectivity index (χ2n) is 3.75. The Morgan fingerprint density at radius 1 is 1.45 bits per heavy atom. The van der Waals surface area contributed by atoms with Crippen molar-refractivity contribution in [3.05, 3.63) is 13.8 Å². The van der Waals surface area contributed by atoms with Gasteiger partial charge in [0, 0.05) is 38.8 Å². The largest absolute Gasteiger partial charge is 0.345 e. The third-order valence-corrected chi connectivity index (χ3v) is 2.34. The molecule has 1 aliphatic heterocycles. The molecule has 0 spiro atoms. The van der Waals surface area contributed by atoms with Gasteiger partial charge in [-0.15, -0.1) is 0 Å². The van der Waals surface area contributed by atoms with Crippen molar-refractivity contribution in [3.8, 4) is 0 Å². The monoisotopic (exact) mass is 228 g/mol. The van der Waals surface area contributed by atoms with E-state index in [0.29, 0.717) is 6.04 Å². The van der Waals surface area contributed by atoms with Gasteiger partial charge in [-0.05, 0) is 26.9 Å². The fourth-order valence-electron chi connectivity index (χ4n) is 1.34. The zero-order valence-electron chi connectivity index (χ0n) is 7.64. The van der Waals surface area contributed by atoms with Gasteiger partial charge in [-0.25, -0.2) is 6.42 Å². The van der Waals surface area contributed by atoms with Crippen LogP contribution in [0.25, 0.3) is 0 Å². The molecule has 1 fully saturated rings. The van der Waals surface area contributed by atoms with Crippen LogP contribution >= 0.6 is 0 Å². The standard InChI is InChI=1S/C9H17N.Y/c1-5-9(4)6-10(7-9)8(2)3;/h8H,1,4-7H2,2-3H3;/q-2;. The molecule has 0 unspecified atom stereocenters. The third kappa shape index (κ3) is 2.79. The van der Waals surface area contributed by atoms with Gasteiger partial charge in [0.25, 0.3) is 0 Å². The summed E-state index contributed by atoms with van der Waals surface area (Å²) in [4.78, 5) is 2.43. The van der Waals surface area contributed by atoms with Crippen molar-refractivity contribution >= 4 is 0 Å². The molecule has 1 heterocycles. The molecule has 1 rings (SSSR count). The quantitative estimate of drug-likeness (QED) is 0.651. The molecular weight excluding hydrogens is 211 g/mol. The summed E-state index contributed by atoms with van der Waals surface area (Å²) in [5, 5.41) is 0. The Bertz CT molecular complexity index is 117. The van der Waals surface area contributed by atoms with Crippen molar-refractivity contribution in [2.45, 2.75) is 26.3 Å². The van der Waals surface area contributed by atoms with Crippen LogP contribution in [0.2, 0.25) is 0 Å². The van der Waals surface area contributed by atoms with Gasteiger partial charge in [-0.2, -0.15) is 5.41 Å². The maximum Gasteiger partial charge on any atom is 0.00368 e. The molecule has 2 heteroatoms. The molecule has 63 valence electrons. The van der Waals surface area contributed by atoms with E-state index in [9.17, 15) is 0 Å². The predicted molar refractivity (Wildman–Crippen MR) is 44.5 cm³/mol. The molecule has 1 saturated heterocycles. The SMILES string of the molecule is [CH2-]CC1([CH2-])CN(C(C)C)C1.[Y]. The summed E-state index contributed by atoms with van der Waals surface area (Å²) in [6, 6.07) is 0.682. The van der Waals surface area contributed by atoms with Gasteiger partial charge in [-0.1, -0.05) is 0 Å². The molecule has 0 aliphatic carbocycles. The van der Waals surface area contributed by atoms with Crippen LogP contribution < -0.4 is 0 Å². The van der Waals surface area contributed by atoms with E-state index >= 15 is 0 Å². The van der Waals surface area contributed by atoms with Gasteiger partial charge in [0.05, 0.1) is 0 Å². The zero-order valence-corrected chi connectivity index (χ0v) is 10.5. The van der Waals surface area contributed by atoms with Gasteiger partial charge in [-0.3, -0.25) is 0 Å². The van der Waals surface area contributed by atoms with E-state index in [1.54, 1.807) is 0 Å². The Morgan fingerprint density at radius 3 is 2.18 bits per heavy atom. The Kier molecular flexibility index (Phi) is 4.76. The van der Waals surface area contributed by atoms with Crippen LogP contribution in [0.1, 0.15) is 20.3 Å². The van der Waals surface area contributed by atoms with Crippen LogP contribution in [0, 0.1) is 19.3 Å². The smallest absolute Gasteiger partial charge is 0.00368 e. The Hall–Kier alpha value is 1.06. The van der Waals surface area contributed by atoms with Crippen LogP contribution in [0.3, 0.4) is 0 Å². The molecule has 0 amide bonds. The van der Waals surface area contributed by atoms with Crippen molar-refractivity contribution in [2.24, 2.45) is 5.41 Å². The molecule has 0 saturated carbocycles. The molecule has 1 aliphatic rings. The van der Waals surface area contributed by atoms with Gasteiger partial charge in [0.15, 0.2) is 0 Å². The zero-order chi connectivity index (χ0) is 7.78. The van der Waals surface area contributed by atoms with Gasteiger partial charge in [0.2, 0.25) is 0 Å². The summed E-state index contributed by atoms with van der Waals surface area (Å²) in [7, 11) is 0. The van der Waals surface area contributed by atoms with Crippen molar-refractivity contribution < 1.29 is 32.7 Å². The summed E-state index contributed by atoms with van der Waals surface area (Å²) in [6.07, 6.45) is 0.968. The fourth-order valence-corrected chi connectivity index (χ4v) is 1.34. The normalized spacial score (nSPS) is 22.6. The predicted octanol–water partition coefficient (Wildman–Crippen LogP) is 1.75. The fraction of sp³-hybridized carbons (Fsp3) is 0.778. The van der Waals surface area contributed by atoms with Crippen molar-refractivity contribution in [2.75, 3.05) is 13.1 Å². The van der Waals surface area contributed by atoms with E-state index in [1.807, 2.05) is 0 Å². The second kappa shape index (κ2) is 4.34. The summed E-state index contributed by atoms with van der Waals surface area (Å²) in [5.41, 5.74) is 0.282. The first-order valence-electron chi connectivity index (χ1n) is 3.96. The van der Waals surface area contributed by atoms with Crippen LogP contribution in [-0.4, -0.2) is 24.0 Å². The van der Waals surface area contributed by atoms with Crippen molar-refractivity contribution in [1.82, 2.24) is 4.90 Å². The molecule has 0 N–H and O–H groups in total. The second-order valence-corrected chi connectivity index (χ2v) is 3.75. The molecule has 0 aromatic heterocycles. The molecule has 1 nitrogen and oxygen atoms in total. The molecular formula is C9H17NY-2. The third-order valence-electron chi connectivity index (χ3n) is 2.34. The molecule has 0 aromatic rings. The Labute approximate surface area is 95.8 Å². The van der Waals surface area contributed by atoms with Gasteiger partial charge < -0.3 is 18.7 Å². The number of rotatable bonds is 2. The molecule has 11 heavy (non-hydrogen) atoms. The van der Waals surface area contributed by atoms with Crippen LogP contribution in [-0.2, 0) is 32.7 Å². The molecule has 0 bridgehead atoms. The molecule has 0 atom stereocenters. The van der Waals surface area contributed by atoms with Crippen molar-refractivity contribution in [3.63, 3.8) is 0 Å². The summed E-state index contributed by atoms with van der Waals surface area (Å²) in [6.45, 7) is 14.7. The maximum atomic E-state index is 4.12. The van der Waals surface area contributed by atoms with Gasteiger partial charge >= 0.3 is 0 Å². The van der Waals surface area contributed by atoms with Gasteiger partial charge in [0.1, 0.15) is 0 Å². The van der Waals surface area contributed by atoms with Crippen LogP contribution in [0.5, 0.6) is 0 Å². The van der Waals surface area contributed by atoms with Crippen LogP contribution in [0.15, 0.2) is 0 Å². The summed E-state index contributed by atoms with van der Waals surface area (Å²) < 4.78 is 0. The summed E-state index contributed by atoms with van der Waals surface area (Å²) >= 11 is 0. The minimum atomic E-state index is 0. The van der Waals surface area contributed by atoms with E-state index in [0.717, 1.165) is 19.5 Å². The first-order valence-corrected chi connectivity index (χ1v) is 3.96. The minimum Gasteiger partial charge on any atom is -0.345 e. The average molecular weight is 228 g/mol. The Morgan fingerprint density at radius 2 is 1.91 bits per heavy atom. The first kappa shape index (κ1) is 12.1. The van der Waals surface area contributed by atoms with Crippen molar-refractivity contribution in [1.29, 1.82) is 0 Å². The van der Waals surface area contributed by atoms with E-state index in [2.05, 4.69) is 32.6 Å². The van der Waals surface area contributed by atoms with Crippen LogP contribution in [0.4, 0.5) is 0 Å². The number of hydrogen-bond acceptors (Lipinski definition) is 1. The van der Waals surface area contributed by atoms with E-state index in [4.69, 9.17) is 0 Å². The minimum absolute atomic E-state index is 0. The first-order chi connectivity index (χ1) is 4.57. The Balaban J connectivity index is 0.000001000. The number of hydrogen-bond donors (Lipinski definition) is 0. The maximum absolute atomic E-state index is 4.12. The number of nitrogens with zero attached hydrogens (tertiary/aromatic N) is 1. The topological polar surface area (TPSA) is 3.24 Å². The van der Waals surface area contributed by atoms with E-state index in [-0.39, 0.29) is 38.1 Å².